The number of thiophene rings is 1. The number of rotatable bonds is 5. The van der Waals surface area contributed by atoms with Crippen LogP contribution in [0.25, 0.3) is 0 Å². The number of hydrogen-bond donors (Lipinski definition) is 2. The molecular formula is C17H14ClN3O4S3. The van der Waals surface area contributed by atoms with Crippen LogP contribution in [-0.2, 0) is 20.0 Å². The van der Waals surface area contributed by atoms with E-state index in [0.29, 0.717) is 15.6 Å². The van der Waals surface area contributed by atoms with Gasteiger partial charge in [0, 0.05) is 11.3 Å². The quantitative estimate of drug-likeness (QED) is 0.452. The van der Waals surface area contributed by atoms with Crippen LogP contribution in [0.1, 0.15) is 5.56 Å². The predicted molar refractivity (Wildman–Crippen MR) is 111 cm³/mol. The molecule has 0 saturated carbocycles. The number of halogens is 1. The minimum absolute atomic E-state index is 0.0114. The van der Waals surface area contributed by atoms with Crippen molar-refractivity contribution in [3.05, 3.63) is 76.6 Å². The van der Waals surface area contributed by atoms with E-state index in [1.54, 1.807) is 30.3 Å². The number of nitrogens with zero attached hydrogens (tertiary/aromatic N) is 1. The van der Waals surface area contributed by atoms with E-state index in [-0.39, 0.29) is 14.9 Å². The van der Waals surface area contributed by atoms with E-state index in [2.05, 4.69) is 9.71 Å². The van der Waals surface area contributed by atoms with Gasteiger partial charge in [-0.05, 0) is 36.4 Å². The molecule has 0 aliphatic rings. The molecule has 1 aromatic heterocycles. The highest BCUT2D eigenvalue weighted by Gasteiger charge is 2.18. The molecule has 1 heterocycles. The van der Waals surface area contributed by atoms with Gasteiger partial charge in [0.25, 0.3) is 10.0 Å². The Morgan fingerprint density at radius 2 is 1.57 bits per heavy atom. The van der Waals surface area contributed by atoms with Gasteiger partial charge in [0.2, 0.25) is 10.0 Å². The number of primary sulfonamides is 1. The molecule has 0 radical (unpaired) electrons. The summed E-state index contributed by atoms with van der Waals surface area (Å²) >= 11 is 6.74. The first-order valence-electron chi connectivity index (χ1n) is 7.71. The third kappa shape index (κ3) is 4.97. The molecule has 146 valence electrons. The van der Waals surface area contributed by atoms with Gasteiger partial charge in [-0.25, -0.2) is 13.6 Å². The van der Waals surface area contributed by atoms with Crippen LogP contribution >= 0.6 is 22.9 Å². The molecule has 2 aromatic carbocycles. The van der Waals surface area contributed by atoms with Gasteiger partial charge >= 0.3 is 0 Å². The van der Waals surface area contributed by atoms with E-state index in [0.717, 1.165) is 11.3 Å². The van der Waals surface area contributed by atoms with Crippen LogP contribution in [0.4, 0.5) is 5.69 Å². The number of hydrogen-bond acceptors (Lipinski definition) is 5. The van der Waals surface area contributed by atoms with Gasteiger partial charge < -0.3 is 5.32 Å². The number of anilines is 1. The Kier molecular flexibility index (Phi) is 5.87. The summed E-state index contributed by atoms with van der Waals surface area (Å²) in [7, 11) is -7.82. The molecule has 0 aliphatic carbocycles. The van der Waals surface area contributed by atoms with Gasteiger partial charge in [0.1, 0.15) is 4.21 Å². The first kappa shape index (κ1) is 20.5. The molecule has 0 unspecified atom stereocenters. The second-order valence-corrected chi connectivity index (χ2v) is 10.6. The van der Waals surface area contributed by atoms with E-state index in [9.17, 15) is 16.8 Å². The summed E-state index contributed by atoms with van der Waals surface area (Å²) in [5.41, 5.74) is 0.971. The van der Waals surface area contributed by atoms with Crippen LogP contribution < -0.4 is 10.5 Å². The fourth-order valence-corrected chi connectivity index (χ4v) is 5.16. The zero-order valence-electron chi connectivity index (χ0n) is 14.1. The van der Waals surface area contributed by atoms with Crippen molar-refractivity contribution in [2.75, 3.05) is 5.32 Å². The summed E-state index contributed by atoms with van der Waals surface area (Å²) in [6.45, 7) is 0. The smallest absolute Gasteiger partial charge is 0.293 e. The number of nitrogens with one attached hydrogen (secondary N) is 1. The standard InChI is InChI=1S/C17H14ClN3O4S3/c18-15-10-11-16(26-15)28(24,25)21-17(12-4-2-1-3-5-12)20-13-6-8-14(9-7-13)27(19,22)23/h1-11H,(H,20,21)(H2,19,22,23). The van der Waals surface area contributed by atoms with E-state index >= 15 is 0 Å². The molecule has 7 nitrogen and oxygen atoms in total. The lowest BCUT2D eigenvalue weighted by Gasteiger charge is -2.11. The highest BCUT2D eigenvalue weighted by molar-refractivity contribution is 7.92. The summed E-state index contributed by atoms with van der Waals surface area (Å²) in [5.74, 6) is 0.0773. The zero-order valence-corrected chi connectivity index (χ0v) is 17.3. The second-order valence-electron chi connectivity index (χ2n) is 5.53. The van der Waals surface area contributed by atoms with E-state index in [1.165, 1.54) is 36.4 Å². The van der Waals surface area contributed by atoms with Crippen LogP contribution in [0.3, 0.4) is 0 Å². The molecule has 3 rings (SSSR count). The monoisotopic (exact) mass is 455 g/mol. The summed E-state index contributed by atoms with van der Waals surface area (Å²) in [5, 5.41) is 8.00. The van der Waals surface area contributed by atoms with Crippen LogP contribution in [0.2, 0.25) is 4.34 Å². The van der Waals surface area contributed by atoms with Crippen molar-refractivity contribution >= 4 is 54.5 Å². The van der Waals surface area contributed by atoms with Crippen molar-refractivity contribution < 1.29 is 16.8 Å². The third-order valence-electron chi connectivity index (χ3n) is 3.51. The van der Waals surface area contributed by atoms with Crippen LogP contribution in [-0.4, -0.2) is 22.7 Å². The van der Waals surface area contributed by atoms with Crippen LogP contribution in [0.15, 0.2) is 80.2 Å². The van der Waals surface area contributed by atoms with Crippen molar-refractivity contribution in [2.45, 2.75) is 9.10 Å². The fraction of sp³-hybridized carbons (Fsp3) is 0. The maximum atomic E-state index is 12.6. The normalized spacial score (nSPS) is 12.7. The minimum Gasteiger partial charge on any atom is -0.339 e. The van der Waals surface area contributed by atoms with Gasteiger partial charge in [0.05, 0.1) is 9.23 Å². The molecule has 0 atom stereocenters. The SMILES string of the molecule is NS(=O)(=O)c1ccc(NC(=NS(=O)(=O)c2ccc(Cl)s2)c2ccccc2)cc1. The number of benzene rings is 2. The number of nitrogens with two attached hydrogens (primary N) is 1. The second kappa shape index (κ2) is 8.02. The Bertz CT molecular complexity index is 1220. The molecule has 0 fully saturated rings. The molecule has 3 N–H and O–H groups in total. The third-order valence-corrected chi connectivity index (χ3v) is 7.41. The summed E-state index contributed by atoms with van der Waals surface area (Å²) in [4.78, 5) is -0.0582. The Morgan fingerprint density at radius 3 is 2.11 bits per heavy atom. The van der Waals surface area contributed by atoms with E-state index in [4.69, 9.17) is 16.7 Å². The molecule has 0 bridgehead atoms. The molecule has 11 heteroatoms. The largest absolute Gasteiger partial charge is 0.339 e. The Labute approximate surface area is 171 Å². The van der Waals surface area contributed by atoms with Crippen molar-refractivity contribution in [3.63, 3.8) is 0 Å². The highest BCUT2D eigenvalue weighted by Crippen LogP contribution is 2.27. The molecule has 0 saturated heterocycles. The van der Waals surface area contributed by atoms with E-state index < -0.39 is 20.0 Å². The summed E-state index contributed by atoms with van der Waals surface area (Å²) < 4.78 is 52.3. The zero-order chi connectivity index (χ0) is 20.4. The van der Waals surface area contributed by atoms with Crippen molar-refractivity contribution in [3.8, 4) is 0 Å². The van der Waals surface area contributed by atoms with Crippen molar-refractivity contribution in [1.82, 2.24) is 0 Å². The molecular weight excluding hydrogens is 442 g/mol. The molecule has 28 heavy (non-hydrogen) atoms. The van der Waals surface area contributed by atoms with Crippen LogP contribution in [0, 0.1) is 0 Å². The van der Waals surface area contributed by atoms with Crippen LogP contribution in [0.5, 0.6) is 0 Å². The Balaban J connectivity index is 2.01. The van der Waals surface area contributed by atoms with Gasteiger partial charge in [-0.1, -0.05) is 41.9 Å². The van der Waals surface area contributed by atoms with Gasteiger partial charge in [-0.3, -0.25) is 0 Å². The minimum atomic E-state index is -3.99. The average molecular weight is 456 g/mol. The topological polar surface area (TPSA) is 119 Å². The first-order valence-corrected chi connectivity index (χ1v) is 11.9. The first-order chi connectivity index (χ1) is 13.1. The lowest BCUT2D eigenvalue weighted by atomic mass is 10.2. The highest BCUT2D eigenvalue weighted by atomic mass is 35.5. The number of amidine groups is 1. The van der Waals surface area contributed by atoms with Gasteiger partial charge in [0.15, 0.2) is 5.84 Å². The maximum Gasteiger partial charge on any atom is 0.293 e. The fourth-order valence-electron chi connectivity index (χ4n) is 2.21. The average Bonchev–Trinajstić information content (AvgIpc) is 3.09. The van der Waals surface area contributed by atoms with Gasteiger partial charge in [-0.15, -0.1) is 15.7 Å². The molecule has 0 aliphatic heterocycles. The summed E-state index contributed by atoms with van der Waals surface area (Å²) in [6, 6.07) is 17.1. The summed E-state index contributed by atoms with van der Waals surface area (Å²) in [6.07, 6.45) is 0. The lowest BCUT2D eigenvalue weighted by Crippen LogP contribution is -2.16. The van der Waals surface area contributed by atoms with Gasteiger partial charge in [-0.2, -0.15) is 8.42 Å². The molecule has 3 aromatic rings. The maximum absolute atomic E-state index is 12.6. The Hall–Kier alpha value is -2.24. The van der Waals surface area contributed by atoms with E-state index in [1.807, 2.05) is 0 Å². The predicted octanol–water partition coefficient (Wildman–Crippen LogP) is 3.30. The Morgan fingerprint density at radius 1 is 0.929 bits per heavy atom. The van der Waals surface area contributed by atoms with Crippen molar-refractivity contribution in [2.24, 2.45) is 9.54 Å². The molecule has 0 amide bonds. The lowest BCUT2D eigenvalue weighted by molar-refractivity contribution is 0.597. The number of sulfonamides is 2. The molecule has 0 spiro atoms. The van der Waals surface area contributed by atoms with Crippen molar-refractivity contribution in [1.29, 1.82) is 0 Å².